The number of carbonyl (C=O) groups excluding carboxylic acids is 2. The first-order valence-corrected chi connectivity index (χ1v) is 11.8. The number of nitrogens with one attached hydrogen (secondary N) is 3. The van der Waals surface area contributed by atoms with E-state index in [1.54, 1.807) is 25.1 Å². The molecule has 1 aliphatic heterocycles. The Labute approximate surface area is 191 Å². The number of nitrogens with zero attached hydrogens (tertiary/aromatic N) is 1. The first kappa shape index (κ1) is 22.2. The van der Waals surface area contributed by atoms with Crippen LogP contribution in [0.25, 0.3) is 10.2 Å². The molecule has 3 heterocycles. The monoisotopic (exact) mass is 474 g/mol. The average molecular weight is 475 g/mol. The van der Waals surface area contributed by atoms with E-state index in [1.165, 1.54) is 23.1 Å². The van der Waals surface area contributed by atoms with Gasteiger partial charge in [-0.25, -0.2) is 4.98 Å². The number of hydrazine groups is 1. The Balaban J connectivity index is 1.29. The van der Waals surface area contributed by atoms with Crippen molar-refractivity contribution in [2.45, 2.75) is 37.9 Å². The molecule has 11 heteroatoms. The van der Waals surface area contributed by atoms with Gasteiger partial charge in [0.25, 0.3) is 17.4 Å². The number of ether oxygens (including phenoxy) is 2. The average Bonchev–Trinajstić information content (AvgIpc) is 3.08. The quantitative estimate of drug-likeness (QED) is 0.485. The van der Waals surface area contributed by atoms with Crippen molar-refractivity contribution < 1.29 is 19.1 Å². The van der Waals surface area contributed by atoms with Crippen molar-refractivity contribution in [1.82, 2.24) is 20.8 Å². The number of H-pyrrole nitrogens is 1. The molecular weight excluding hydrogens is 452 g/mol. The SMILES string of the molecule is Cc1sc2nc(CSC(C)C(=O)NNC(=O)C3COc4ccccc4O3)[nH]c(=O)c2c1C. The lowest BCUT2D eigenvalue weighted by Crippen LogP contribution is -2.52. The summed E-state index contributed by atoms with van der Waals surface area (Å²) in [7, 11) is 0. The molecule has 0 aliphatic carbocycles. The molecule has 2 amide bonds. The Morgan fingerprint density at radius 2 is 2.03 bits per heavy atom. The van der Waals surface area contributed by atoms with Gasteiger partial charge in [-0.15, -0.1) is 23.1 Å². The highest BCUT2D eigenvalue weighted by Crippen LogP contribution is 2.31. The molecule has 168 valence electrons. The highest BCUT2D eigenvalue weighted by Gasteiger charge is 2.28. The molecule has 4 rings (SSSR count). The van der Waals surface area contributed by atoms with Gasteiger partial charge in [-0.2, -0.15) is 0 Å². The molecule has 1 aromatic carbocycles. The number of benzene rings is 1. The summed E-state index contributed by atoms with van der Waals surface area (Å²) >= 11 is 2.78. The van der Waals surface area contributed by atoms with E-state index in [9.17, 15) is 14.4 Å². The molecule has 0 saturated heterocycles. The third-order valence-electron chi connectivity index (χ3n) is 5.04. The molecule has 3 N–H and O–H groups in total. The number of carbonyl (C=O) groups is 2. The molecular formula is C21H22N4O5S2. The van der Waals surface area contributed by atoms with Crippen LogP contribution in [0.5, 0.6) is 11.5 Å². The standard InChI is InChI=1S/C21H22N4O5S2/c1-10-11(2)32-21-17(10)20(28)22-16(23-21)9-31-12(3)18(26)24-25-19(27)15-8-29-13-6-4-5-7-14(13)30-15/h4-7,12,15H,8-9H2,1-3H3,(H,24,26)(H,25,27)(H,22,23,28). The largest absolute Gasteiger partial charge is 0.485 e. The van der Waals surface area contributed by atoms with E-state index in [-0.39, 0.29) is 18.1 Å². The number of aryl methyl sites for hydroxylation is 2. The number of hydrogen-bond acceptors (Lipinski definition) is 8. The number of thiophene rings is 1. The van der Waals surface area contributed by atoms with Crippen LogP contribution in [0.4, 0.5) is 0 Å². The van der Waals surface area contributed by atoms with E-state index in [4.69, 9.17) is 9.47 Å². The zero-order valence-corrected chi connectivity index (χ0v) is 19.3. The fourth-order valence-electron chi connectivity index (χ4n) is 3.10. The van der Waals surface area contributed by atoms with Crippen molar-refractivity contribution in [3.05, 3.63) is 50.9 Å². The summed E-state index contributed by atoms with van der Waals surface area (Å²) in [5.41, 5.74) is 5.55. The van der Waals surface area contributed by atoms with E-state index in [0.29, 0.717) is 33.3 Å². The van der Waals surface area contributed by atoms with Crippen LogP contribution in [0.2, 0.25) is 0 Å². The summed E-state index contributed by atoms with van der Waals surface area (Å²) in [6.07, 6.45) is -0.869. The van der Waals surface area contributed by atoms with Gasteiger partial charge >= 0.3 is 0 Å². The molecule has 0 saturated carbocycles. The summed E-state index contributed by atoms with van der Waals surface area (Å²) in [6, 6.07) is 7.06. The summed E-state index contributed by atoms with van der Waals surface area (Å²) < 4.78 is 11.1. The number of aromatic nitrogens is 2. The minimum atomic E-state index is -0.869. The van der Waals surface area contributed by atoms with Gasteiger partial charge in [-0.3, -0.25) is 25.2 Å². The van der Waals surface area contributed by atoms with E-state index in [0.717, 1.165) is 10.4 Å². The van der Waals surface area contributed by atoms with Gasteiger partial charge in [0.05, 0.1) is 16.4 Å². The molecule has 1 aliphatic rings. The summed E-state index contributed by atoms with van der Waals surface area (Å²) in [6.45, 7) is 5.62. The van der Waals surface area contributed by atoms with Crippen molar-refractivity contribution >= 4 is 45.1 Å². The molecule has 9 nitrogen and oxygen atoms in total. The third-order valence-corrected chi connectivity index (χ3v) is 7.29. The molecule has 2 aromatic heterocycles. The van der Waals surface area contributed by atoms with Crippen LogP contribution >= 0.6 is 23.1 Å². The van der Waals surface area contributed by atoms with Crippen LogP contribution < -0.4 is 25.9 Å². The van der Waals surface area contributed by atoms with Crippen molar-refractivity contribution in [3.63, 3.8) is 0 Å². The minimum Gasteiger partial charge on any atom is -0.485 e. The first-order valence-electron chi connectivity index (χ1n) is 9.92. The molecule has 0 radical (unpaired) electrons. The van der Waals surface area contributed by atoms with Crippen molar-refractivity contribution in [1.29, 1.82) is 0 Å². The maximum atomic E-state index is 12.4. The molecule has 0 spiro atoms. The number of hydrogen-bond donors (Lipinski definition) is 3. The lowest BCUT2D eigenvalue weighted by Gasteiger charge is -2.25. The van der Waals surface area contributed by atoms with Crippen LogP contribution in [-0.4, -0.2) is 39.7 Å². The number of aromatic amines is 1. The molecule has 2 atom stereocenters. The van der Waals surface area contributed by atoms with Gasteiger partial charge in [0.2, 0.25) is 6.10 Å². The second-order valence-corrected chi connectivity index (χ2v) is 9.80. The van der Waals surface area contributed by atoms with Gasteiger partial charge in [0.15, 0.2) is 11.5 Å². The summed E-state index contributed by atoms with van der Waals surface area (Å²) in [4.78, 5) is 46.1. The van der Waals surface area contributed by atoms with E-state index in [1.807, 2.05) is 19.9 Å². The van der Waals surface area contributed by atoms with E-state index >= 15 is 0 Å². The lowest BCUT2D eigenvalue weighted by molar-refractivity contribution is -0.134. The Morgan fingerprint density at radius 3 is 2.81 bits per heavy atom. The van der Waals surface area contributed by atoms with Gasteiger partial charge in [0, 0.05) is 4.88 Å². The zero-order valence-electron chi connectivity index (χ0n) is 17.7. The van der Waals surface area contributed by atoms with E-state index in [2.05, 4.69) is 20.8 Å². The highest BCUT2D eigenvalue weighted by molar-refractivity contribution is 7.99. The molecule has 0 bridgehead atoms. The van der Waals surface area contributed by atoms with Crippen molar-refractivity contribution in [2.24, 2.45) is 0 Å². The van der Waals surface area contributed by atoms with Gasteiger partial charge in [0.1, 0.15) is 17.3 Å². The fourth-order valence-corrected chi connectivity index (χ4v) is 4.91. The van der Waals surface area contributed by atoms with E-state index < -0.39 is 17.3 Å². The second-order valence-electron chi connectivity index (χ2n) is 7.27. The number of rotatable bonds is 5. The molecule has 0 fully saturated rings. The Morgan fingerprint density at radius 1 is 1.28 bits per heavy atom. The normalized spacial score (nSPS) is 15.9. The first-order chi connectivity index (χ1) is 15.3. The topological polar surface area (TPSA) is 122 Å². The molecule has 2 unspecified atom stereocenters. The third kappa shape index (κ3) is 4.58. The van der Waals surface area contributed by atoms with Crippen LogP contribution in [-0.2, 0) is 15.3 Å². The Hall–Kier alpha value is -3.05. The van der Waals surface area contributed by atoms with Gasteiger partial charge in [-0.1, -0.05) is 12.1 Å². The number of fused-ring (bicyclic) bond motifs is 2. The second kappa shape index (κ2) is 9.21. The Bertz CT molecular complexity index is 1240. The van der Waals surface area contributed by atoms with Crippen LogP contribution in [0.1, 0.15) is 23.2 Å². The fraction of sp³-hybridized carbons (Fsp3) is 0.333. The van der Waals surface area contributed by atoms with Crippen LogP contribution in [0, 0.1) is 13.8 Å². The van der Waals surface area contributed by atoms with Crippen molar-refractivity contribution in [2.75, 3.05) is 6.61 Å². The van der Waals surface area contributed by atoms with Gasteiger partial charge < -0.3 is 14.5 Å². The summed E-state index contributed by atoms with van der Waals surface area (Å²) in [5, 5.41) is 0.124. The molecule has 32 heavy (non-hydrogen) atoms. The maximum absolute atomic E-state index is 12.4. The maximum Gasteiger partial charge on any atom is 0.283 e. The zero-order chi connectivity index (χ0) is 22.8. The van der Waals surface area contributed by atoms with Gasteiger partial charge in [-0.05, 0) is 38.5 Å². The minimum absolute atomic E-state index is 0.0478. The molecule has 3 aromatic rings. The summed E-state index contributed by atoms with van der Waals surface area (Å²) in [5.74, 6) is 1.01. The van der Waals surface area contributed by atoms with Crippen molar-refractivity contribution in [3.8, 4) is 11.5 Å². The Kier molecular flexibility index (Phi) is 6.38. The highest BCUT2D eigenvalue weighted by atomic mass is 32.2. The van der Waals surface area contributed by atoms with Crippen LogP contribution in [0.3, 0.4) is 0 Å². The van der Waals surface area contributed by atoms with Crippen LogP contribution in [0.15, 0.2) is 29.1 Å². The number of thioether (sulfide) groups is 1. The number of para-hydroxylation sites is 2. The lowest BCUT2D eigenvalue weighted by atomic mass is 10.2. The predicted octanol–water partition coefficient (Wildman–Crippen LogP) is 2.21. The smallest absolute Gasteiger partial charge is 0.283 e. The predicted molar refractivity (Wildman–Crippen MR) is 123 cm³/mol. The number of amides is 2.